The Bertz CT molecular complexity index is 475. The number of thiocarbonyl (C=S) groups is 1. The molecule has 0 spiro atoms. The molecule has 6 heteroatoms. The van der Waals surface area contributed by atoms with E-state index in [1.165, 1.54) is 5.56 Å². The number of methoxy groups -OCH3 is 1. The highest BCUT2D eigenvalue weighted by Crippen LogP contribution is 2.12. The third kappa shape index (κ3) is 6.33. The van der Waals surface area contributed by atoms with Crippen LogP contribution in [0.15, 0.2) is 24.3 Å². The second kappa shape index (κ2) is 9.70. The van der Waals surface area contributed by atoms with Gasteiger partial charge in [-0.3, -0.25) is 4.90 Å². The van der Waals surface area contributed by atoms with E-state index in [1.807, 2.05) is 19.2 Å². The summed E-state index contributed by atoms with van der Waals surface area (Å²) in [6, 6.07) is 8.08. The molecular formula is C17H27N3O2S. The van der Waals surface area contributed by atoms with E-state index in [1.54, 1.807) is 7.11 Å². The van der Waals surface area contributed by atoms with Crippen LogP contribution in [0.25, 0.3) is 0 Å². The lowest BCUT2D eigenvalue weighted by Crippen LogP contribution is -2.40. The van der Waals surface area contributed by atoms with Crippen LogP contribution in [-0.2, 0) is 11.3 Å². The zero-order chi connectivity index (χ0) is 16.5. The number of morpholine rings is 1. The van der Waals surface area contributed by atoms with Gasteiger partial charge in [0.05, 0.1) is 20.3 Å². The van der Waals surface area contributed by atoms with E-state index in [2.05, 4.69) is 27.2 Å². The van der Waals surface area contributed by atoms with Crippen molar-refractivity contribution in [3.8, 4) is 5.75 Å². The summed E-state index contributed by atoms with van der Waals surface area (Å²) in [5.41, 5.74) is 1.21. The molecule has 23 heavy (non-hydrogen) atoms. The van der Waals surface area contributed by atoms with Gasteiger partial charge in [0.1, 0.15) is 5.75 Å². The van der Waals surface area contributed by atoms with Gasteiger partial charge in [0.15, 0.2) is 5.11 Å². The summed E-state index contributed by atoms with van der Waals surface area (Å²) < 4.78 is 10.5. The van der Waals surface area contributed by atoms with Gasteiger partial charge in [-0.1, -0.05) is 12.1 Å². The van der Waals surface area contributed by atoms with Crippen LogP contribution in [0, 0.1) is 0 Å². The molecule has 1 saturated heterocycles. The van der Waals surface area contributed by atoms with E-state index < -0.39 is 0 Å². The van der Waals surface area contributed by atoms with Crippen LogP contribution >= 0.6 is 12.2 Å². The molecule has 1 aromatic carbocycles. The molecule has 0 aromatic heterocycles. The largest absolute Gasteiger partial charge is 0.497 e. The van der Waals surface area contributed by atoms with Crippen LogP contribution in [-0.4, -0.2) is 68.5 Å². The Morgan fingerprint density at radius 2 is 2.00 bits per heavy atom. The maximum Gasteiger partial charge on any atom is 0.168 e. The number of nitrogens with zero attached hydrogens (tertiary/aromatic N) is 2. The molecule has 5 nitrogen and oxygen atoms in total. The van der Waals surface area contributed by atoms with Crippen LogP contribution < -0.4 is 10.1 Å². The molecule has 1 aliphatic heterocycles. The molecule has 2 rings (SSSR count). The first kappa shape index (κ1) is 18.0. The van der Waals surface area contributed by atoms with Crippen molar-refractivity contribution in [2.24, 2.45) is 0 Å². The van der Waals surface area contributed by atoms with Crippen LogP contribution in [0.4, 0.5) is 0 Å². The van der Waals surface area contributed by atoms with Gasteiger partial charge in [-0.2, -0.15) is 0 Å². The molecule has 1 heterocycles. The molecule has 128 valence electrons. The van der Waals surface area contributed by atoms with Gasteiger partial charge in [0.25, 0.3) is 0 Å². The Kier molecular flexibility index (Phi) is 7.58. The molecule has 0 amide bonds. The second-order valence-corrected chi connectivity index (χ2v) is 6.13. The highest BCUT2D eigenvalue weighted by molar-refractivity contribution is 7.80. The fraction of sp³-hybridized carbons (Fsp3) is 0.588. The van der Waals surface area contributed by atoms with E-state index in [9.17, 15) is 0 Å². The van der Waals surface area contributed by atoms with Crippen molar-refractivity contribution in [1.29, 1.82) is 0 Å². The van der Waals surface area contributed by atoms with Gasteiger partial charge in [0.2, 0.25) is 0 Å². The Morgan fingerprint density at radius 3 is 2.65 bits per heavy atom. The van der Waals surface area contributed by atoms with Crippen molar-refractivity contribution in [1.82, 2.24) is 15.1 Å². The molecule has 1 fully saturated rings. The number of rotatable bonds is 7. The molecular weight excluding hydrogens is 310 g/mol. The van der Waals surface area contributed by atoms with Crippen molar-refractivity contribution in [3.63, 3.8) is 0 Å². The molecule has 0 atom stereocenters. The average molecular weight is 337 g/mol. The van der Waals surface area contributed by atoms with E-state index >= 15 is 0 Å². The third-order valence-electron chi connectivity index (χ3n) is 3.96. The van der Waals surface area contributed by atoms with Crippen molar-refractivity contribution in [3.05, 3.63) is 29.8 Å². The van der Waals surface area contributed by atoms with Crippen LogP contribution in [0.5, 0.6) is 5.75 Å². The summed E-state index contributed by atoms with van der Waals surface area (Å²) in [5, 5.41) is 4.13. The number of ether oxygens (including phenoxy) is 2. The first-order valence-corrected chi connectivity index (χ1v) is 8.52. The minimum atomic E-state index is 0.791. The SMILES string of the molecule is COc1ccc(CN(C)C(=S)NCCCN2CCOCC2)cc1. The highest BCUT2D eigenvalue weighted by Gasteiger charge is 2.10. The standard InChI is InChI=1S/C17H27N3O2S/c1-19(14-15-4-6-16(21-2)7-5-15)17(23)18-8-3-9-20-10-12-22-13-11-20/h4-7H,3,8-14H2,1-2H3,(H,18,23). The molecule has 0 aliphatic carbocycles. The monoisotopic (exact) mass is 337 g/mol. The summed E-state index contributed by atoms with van der Waals surface area (Å²) in [5.74, 6) is 0.875. The Balaban J connectivity index is 1.63. The van der Waals surface area contributed by atoms with Crippen LogP contribution in [0.3, 0.4) is 0 Å². The Hall–Kier alpha value is -1.37. The molecule has 1 aliphatic rings. The van der Waals surface area contributed by atoms with Gasteiger partial charge >= 0.3 is 0 Å². The van der Waals surface area contributed by atoms with Crippen LogP contribution in [0.2, 0.25) is 0 Å². The van der Waals surface area contributed by atoms with Gasteiger partial charge < -0.3 is 19.7 Å². The predicted octanol–water partition coefficient (Wildman–Crippen LogP) is 1.72. The molecule has 0 unspecified atom stereocenters. The maximum absolute atomic E-state index is 5.45. The van der Waals surface area contributed by atoms with Crippen molar-refractivity contribution < 1.29 is 9.47 Å². The van der Waals surface area contributed by atoms with Gasteiger partial charge in [-0.05, 0) is 42.9 Å². The maximum atomic E-state index is 5.45. The van der Waals surface area contributed by atoms with Crippen molar-refractivity contribution in [2.75, 3.05) is 53.6 Å². The van der Waals surface area contributed by atoms with Crippen LogP contribution in [0.1, 0.15) is 12.0 Å². The van der Waals surface area contributed by atoms with Gasteiger partial charge in [0, 0.05) is 33.2 Å². The quantitative estimate of drug-likeness (QED) is 0.603. The van der Waals surface area contributed by atoms with Crippen molar-refractivity contribution in [2.45, 2.75) is 13.0 Å². The molecule has 1 N–H and O–H groups in total. The summed E-state index contributed by atoms with van der Waals surface area (Å²) in [6.45, 7) is 6.60. The predicted molar refractivity (Wildman–Crippen MR) is 96.9 cm³/mol. The van der Waals surface area contributed by atoms with E-state index in [-0.39, 0.29) is 0 Å². The third-order valence-corrected chi connectivity index (χ3v) is 4.41. The zero-order valence-electron chi connectivity index (χ0n) is 14.1. The normalized spacial score (nSPS) is 15.2. The van der Waals surface area contributed by atoms with E-state index in [0.29, 0.717) is 0 Å². The summed E-state index contributed by atoms with van der Waals surface area (Å²) in [4.78, 5) is 4.50. The Morgan fingerprint density at radius 1 is 1.30 bits per heavy atom. The summed E-state index contributed by atoms with van der Waals surface area (Å²) in [7, 11) is 3.69. The number of hydrogen-bond acceptors (Lipinski definition) is 4. The topological polar surface area (TPSA) is 37.0 Å². The highest BCUT2D eigenvalue weighted by atomic mass is 32.1. The fourth-order valence-corrected chi connectivity index (χ4v) is 2.70. The summed E-state index contributed by atoms with van der Waals surface area (Å²) in [6.07, 6.45) is 1.09. The summed E-state index contributed by atoms with van der Waals surface area (Å²) >= 11 is 5.45. The average Bonchev–Trinajstić information content (AvgIpc) is 2.60. The van der Waals surface area contributed by atoms with Gasteiger partial charge in [-0.15, -0.1) is 0 Å². The lowest BCUT2D eigenvalue weighted by Gasteiger charge is -2.27. The Labute approximate surface area is 144 Å². The second-order valence-electron chi connectivity index (χ2n) is 5.74. The number of nitrogens with one attached hydrogen (secondary N) is 1. The first-order valence-electron chi connectivity index (χ1n) is 8.11. The lowest BCUT2D eigenvalue weighted by atomic mass is 10.2. The lowest BCUT2D eigenvalue weighted by molar-refractivity contribution is 0.0376. The van der Waals surface area contributed by atoms with Gasteiger partial charge in [-0.25, -0.2) is 0 Å². The number of benzene rings is 1. The molecule has 0 saturated carbocycles. The minimum absolute atomic E-state index is 0.791. The number of hydrogen-bond donors (Lipinski definition) is 1. The minimum Gasteiger partial charge on any atom is -0.497 e. The zero-order valence-corrected chi connectivity index (χ0v) is 14.9. The molecule has 1 aromatic rings. The van der Waals surface area contributed by atoms with Crippen molar-refractivity contribution >= 4 is 17.3 Å². The smallest absolute Gasteiger partial charge is 0.168 e. The molecule has 0 bridgehead atoms. The van der Waals surface area contributed by atoms with E-state index in [4.69, 9.17) is 21.7 Å². The fourth-order valence-electron chi connectivity index (χ4n) is 2.53. The van der Waals surface area contributed by atoms with E-state index in [0.717, 1.165) is 63.2 Å². The molecule has 0 radical (unpaired) electrons. The first-order chi connectivity index (χ1) is 11.2.